The van der Waals surface area contributed by atoms with E-state index in [0.29, 0.717) is 5.00 Å². The fourth-order valence-corrected chi connectivity index (χ4v) is 2.44. The molecule has 3 nitrogen and oxygen atoms in total. The Bertz CT molecular complexity index is 267. The summed E-state index contributed by atoms with van der Waals surface area (Å²) in [6, 6.07) is 1.70. The predicted molar refractivity (Wildman–Crippen MR) is 51.4 cm³/mol. The lowest BCUT2D eigenvalue weighted by Gasteiger charge is -1.91. The largest absolute Gasteiger partial charge is 0.465 e. The second-order valence-electron chi connectivity index (χ2n) is 1.66. The molecule has 0 saturated carbocycles. The first-order valence-corrected chi connectivity index (χ1v) is 4.94. The predicted octanol–water partition coefficient (Wildman–Crippen LogP) is 3.36. The molecule has 60 valence electrons. The maximum atomic E-state index is 10.2. The first-order chi connectivity index (χ1) is 5.09. The molecular formula is C5H3Br2NO2S. The Kier molecular flexibility index (Phi) is 2.91. The van der Waals surface area contributed by atoms with E-state index in [0.717, 1.165) is 8.26 Å². The van der Waals surface area contributed by atoms with E-state index < -0.39 is 6.09 Å². The molecule has 0 aliphatic rings. The van der Waals surface area contributed by atoms with Crippen LogP contribution in [0.4, 0.5) is 9.80 Å². The van der Waals surface area contributed by atoms with Crippen LogP contribution < -0.4 is 5.32 Å². The van der Waals surface area contributed by atoms with E-state index in [1.54, 1.807) is 6.07 Å². The lowest BCUT2D eigenvalue weighted by Crippen LogP contribution is -2.05. The van der Waals surface area contributed by atoms with Crippen molar-refractivity contribution >= 4 is 54.3 Å². The van der Waals surface area contributed by atoms with Gasteiger partial charge < -0.3 is 5.11 Å². The molecule has 0 saturated heterocycles. The van der Waals surface area contributed by atoms with Gasteiger partial charge in [-0.2, -0.15) is 0 Å². The second kappa shape index (κ2) is 3.55. The topological polar surface area (TPSA) is 49.3 Å². The first kappa shape index (κ1) is 9.02. The van der Waals surface area contributed by atoms with Gasteiger partial charge in [0.05, 0.1) is 8.79 Å². The van der Waals surface area contributed by atoms with Gasteiger partial charge in [-0.1, -0.05) is 0 Å². The molecule has 0 aliphatic carbocycles. The number of hydrogen-bond donors (Lipinski definition) is 2. The van der Waals surface area contributed by atoms with E-state index >= 15 is 0 Å². The number of rotatable bonds is 1. The Balaban J connectivity index is 2.81. The minimum absolute atomic E-state index is 0.594. The van der Waals surface area contributed by atoms with Crippen LogP contribution >= 0.6 is 43.2 Å². The van der Waals surface area contributed by atoms with Crippen molar-refractivity contribution in [1.29, 1.82) is 0 Å². The van der Waals surface area contributed by atoms with Gasteiger partial charge in [0.25, 0.3) is 0 Å². The number of thiophene rings is 1. The molecule has 1 aromatic heterocycles. The van der Waals surface area contributed by atoms with Crippen LogP contribution in [0.1, 0.15) is 0 Å². The van der Waals surface area contributed by atoms with Crippen molar-refractivity contribution in [3.05, 3.63) is 14.3 Å². The summed E-state index contributed by atoms with van der Waals surface area (Å²) in [5, 5.41) is 11.2. The maximum Gasteiger partial charge on any atom is 0.409 e. The summed E-state index contributed by atoms with van der Waals surface area (Å²) in [5.41, 5.74) is 0. The molecule has 0 spiro atoms. The molecule has 0 aliphatic heterocycles. The quantitative estimate of drug-likeness (QED) is 0.835. The van der Waals surface area contributed by atoms with Gasteiger partial charge in [0.2, 0.25) is 0 Å². The average molecular weight is 301 g/mol. The van der Waals surface area contributed by atoms with E-state index in [-0.39, 0.29) is 0 Å². The fourth-order valence-electron chi connectivity index (χ4n) is 0.514. The summed E-state index contributed by atoms with van der Waals surface area (Å²) in [5.74, 6) is 0. The molecule has 0 atom stereocenters. The number of carbonyl (C=O) groups is 1. The second-order valence-corrected chi connectivity index (χ2v) is 4.89. The molecule has 1 aromatic rings. The van der Waals surface area contributed by atoms with Crippen molar-refractivity contribution < 1.29 is 9.90 Å². The van der Waals surface area contributed by atoms with Crippen LogP contribution in [0.2, 0.25) is 0 Å². The van der Waals surface area contributed by atoms with Crippen LogP contribution in [0.15, 0.2) is 14.3 Å². The number of amides is 1. The normalized spacial score (nSPS) is 9.64. The Morgan fingerprint density at radius 2 is 2.27 bits per heavy atom. The standard InChI is InChI=1S/C5H3Br2NO2S/c6-2-1-3(8-5(9)10)11-4(2)7/h1,8H,(H,9,10). The molecule has 1 amide bonds. The van der Waals surface area contributed by atoms with Crippen molar-refractivity contribution in [1.82, 2.24) is 0 Å². The number of carboxylic acid groups (broad SMARTS) is 1. The van der Waals surface area contributed by atoms with Crippen LogP contribution in [-0.4, -0.2) is 11.2 Å². The average Bonchev–Trinajstić information content (AvgIpc) is 2.10. The third kappa shape index (κ3) is 2.46. The lowest BCUT2D eigenvalue weighted by molar-refractivity contribution is 0.210. The highest BCUT2D eigenvalue weighted by Crippen LogP contribution is 2.35. The molecule has 0 fully saturated rings. The lowest BCUT2D eigenvalue weighted by atomic mass is 10.6. The number of hydrogen-bond acceptors (Lipinski definition) is 2. The zero-order valence-electron chi connectivity index (χ0n) is 5.10. The van der Waals surface area contributed by atoms with Crippen molar-refractivity contribution in [2.75, 3.05) is 5.32 Å². The van der Waals surface area contributed by atoms with Crippen LogP contribution in [-0.2, 0) is 0 Å². The molecule has 11 heavy (non-hydrogen) atoms. The summed E-state index contributed by atoms with van der Waals surface area (Å²) in [4.78, 5) is 10.2. The van der Waals surface area contributed by atoms with E-state index in [1.165, 1.54) is 11.3 Å². The van der Waals surface area contributed by atoms with Gasteiger partial charge in [-0.05, 0) is 37.9 Å². The van der Waals surface area contributed by atoms with Gasteiger partial charge >= 0.3 is 6.09 Å². The van der Waals surface area contributed by atoms with Crippen LogP contribution in [0.5, 0.6) is 0 Å². The van der Waals surface area contributed by atoms with E-state index in [9.17, 15) is 4.79 Å². The van der Waals surface area contributed by atoms with E-state index in [4.69, 9.17) is 5.11 Å². The highest BCUT2D eigenvalue weighted by molar-refractivity contribution is 9.13. The Hall–Kier alpha value is -0.0700. The van der Waals surface area contributed by atoms with E-state index in [1.807, 2.05) is 0 Å². The summed E-state index contributed by atoms with van der Waals surface area (Å²) < 4.78 is 1.73. The van der Waals surface area contributed by atoms with Gasteiger partial charge in [0, 0.05) is 4.47 Å². The molecule has 0 aromatic carbocycles. The maximum absolute atomic E-state index is 10.2. The summed E-state index contributed by atoms with van der Waals surface area (Å²) >= 11 is 7.80. The highest BCUT2D eigenvalue weighted by atomic mass is 79.9. The van der Waals surface area contributed by atoms with Crippen molar-refractivity contribution in [3.8, 4) is 0 Å². The smallest absolute Gasteiger partial charge is 0.409 e. The van der Waals surface area contributed by atoms with Gasteiger partial charge in [0.15, 0.2) is 0 Å². The van der Waals surface area contributed by atoms with Crippen molar-refractivity contribution in [2.45, 2.75) is 0 Å². The minimum Gasteiger partial charge on any atom is -0.465 e. The minimum atomic E-state index is -1.05. The van der Waals surface area contributed by atoms with Gasteiger partial charge in [-0.3, -0.25) is 5.32 Å². The van der Waals surface area contributed by atoms with Crippen LogP contribution in [0, 0.1) is 0 Å². The van der Waals surface area contributed by atoms with Crippen LogP contribution in [0.25, 0.3) is 0 Å². The monoisotopic (exact) mass is 299 g/mol. The summed E-state index contributed by atoms with van der Waals surface area (Å²) in [7, 11) is 0. The molecule has 6 heteroatoms. The molecule has 0 unspecified atom stereocenters. The Morgan fingerprint density at radius 3 is 2.64 bits per heavy atom. The fraction of sp³-hybridized carbons (Fsp3) is 0. The van der Waals surface area contributed by atoms with Crippen LogP contribution in [0.3, 0.4) is 0 Å². The van der Waals surface area contributed by atoms with Crippen molar-refractivity contribution in [2.24, 2.45) is 0 Å². The molecule has 0 radical (unpaired) electrons. The van der Waals surface area contributed by atoms with E-state index in [2.05, 4.69) is 37.2 Å². The summed E-state index contributed by atoms with van der Waals surface area (Å²) in [6.45, 7) is 0. The third-order valence-electron chi connectivity index (χ3n) is 0.875. The van der Waals surface area contributed by atoms with Gasteiger partial charge in [-0.15, -0.1) is 11.3 Å². The zero-order valence-corrected chi connectivity index (χ0v) is 9.09. The number of halogens is 2. The Morgan fingerprint density at radius 1 is 1.64 bits per heavy atom. The Labute approximate surface area is 83.7 Å². The van der Waals surface area contributed by atoms with Gasteiger partial charge in [-0.25, -0.2) is 4.79 Å². The molecule has 0 bridgehead atoms. The molecule has 2 N–H and O–H groups in total. The number of nitrogens with one attached hydrogen (secondary N) is 1. The summed E-state index contributed by atoms with van der Waals surface area (Å²) in [6.07, 6.45) is -1.05. The van der Waals surface area contributed by atoms with Crippen molar-refractivity contribution in [3.63, 3.8) is 0 Å². The first-order valence-electron chi connectivity index (χ1n) is 2.54. The molecule has 1 heterocycles. The SMILES string of the molecule is O=C(O)Nc1cc(Br)c(Br)s1. The molecule has 1 rings (SSSR count). The highest BCUT2D eigenvalue weighted by Gasteiger charge is 2.05. The zero-order chi connectivity index (χ0) is 8.43. The van der Waals surface area contributed by atoms with Gasteiger partial charge in [0.1, 0.15) is 0 Å². The number of anilines is 1. The molecular weight excluding hydrogens is 298 g/mol. The third-order valence-corrected chi connectivity index (χ3v) is 4.05.